The number of ether oxygens (including phenoxy) is 3. The van der Waals surface area contributed by atoms with Gasteiger partial charge in [-0.1, -0.05) is 49.1 Å². The van der Waals surface area contributed by atoms with E-state index in [4.69, 9.17) is 14.2 Å². The summed E-state index contributed by atoms with van der Waals surface area (Å²) in [6.45, 7) is 5.34. The van der Waals surface area contributed by atoms with E-state index in [1.165, 1.54) is 0 Å². The van der Waals surface area contributed by atoms with Gasteiger partial charge in [-0.3, -0.25) is 0 Å². The first-order valence-electron chi connectivity index (χ1n) is 12.2. The molecule has 3 rings (SSSR count). The van der Waals surface area contributed by atoms with E-state index in [0.717, 1.165) is 53.9 Å². The van der Waals surface area contributed by atoms with Gasteiger partial charge in [-0.2, -0.15) is 0 Å². The smallest absolute Gasteiger partial charge is 0.748 e. The maximum absolute atomic E-state index is 10.6. The van der Waals surface area contributed by atoms with Gasteiger partial charge in [0.2, 0.25) is 0 Å². The molecule has 8 heteroatoms. The molecule has 0 aliphatic carbocycles. The summed E-state index contributed by atoms with van der Waals surface area (Å²) in [4.78, 5) is 0. The standard InChI is InChI=1S/C29H34O6S.Cs/c1-2-24-8-14-27(15-9-24)33-20-5-3-4-6-21-34-28-16-10-25(11-17-28)26-12-18-29(19-13-26)35-22-7-23-36(30,31)32;/h2,8-19H,1,3-7,20-23H2,(H,30,31,32);/q;+1/p-1. The number of rotatable bonds is 16. The second-order valence-electron chi connectivity index (χ2n) is 8.40. The van der Waals surface area contributed by atoms with Crippen molar-refractivity contribution in [2.45, 2.75) is 32.1 Å². The summed E-state index contributed by atoms with van der Waals surface area (Å²) < 4.78 is 49.0. The molecule has 0 atom stereocenters. The Hall–Kier alpha value is -1.24. The van der Waals surface area contributed by atoms with E-state index >= 15 is 0 Å². The topological polar surface area (TPSA) is 84.9 Å². The first kappa shape index (κ1) is 32.0. The molecule has 192 valence electrons. The maximum Gasteiger partial charge on any atom is 1.00 e. The average molecular weight is 643 g/mol. The van der Waals surface area contributed by atoms with E-state index in [1.54, 1.807) is 0 Å². The maximum atomic E-state index is 10.6. The van der Waals surface area contributed by atoms with E-state index in [9.17, 15) is 13.0 Å². The summed E-state index contributed by atoms with van der Waals surface area (Å²) in [5.41, 5.74) is 3.19. The van der Waals surface area contributed by atoms with Gasteiger partial charge in [-0.25, -0.2) is 8.42 Å². The minimum Gasteiger partial charge on any atom is -0.748 e. The van der Waals surface area contributed by atoms with Crippen LogP contribution in [-0.4, -0.2) is 38.5 Å². The molecule has 0 unspecified atom stereocenters. The van der Waals surface area contributed by atoms with Gasteiger partial charge in [0, 0.05) is 5.75 Å². The predicted molar refractivity (Wildman–Crippen MR) is 143 cm³/mol. The summed E-state index contributed by atoms with van der Waals surface area (Å²) in [7, 11) is -4.20. The van der Waals surface area contributed by atoms with Crippen molar-refractivity contribution < 1.29 is 96.1 Å². The van der Waals surface area contributed by atoms with Gasteiger partial charge in [0.05, 0.1) is 29.9 Å². The second-order valence-corrected chi connectivity index (χ2v) is 9.92. The van der Waals surface area contributed by atoms with Crippen molar-refractivity contribution >= 4 is 16.2 Å². The van der Waals surface area contributed by atoms with Crippen LogP contribution < -0.4 is 83.1 Å². The molecule has 0 saturated heterocycles. The van der Waals surface area contributed by atoms with Gasteiger partial charge >= 0.3 is 68.9 Å². The zero-order valence-corrected chi connectivity index (χ0v) is 28.5. The molecule has 0 heterocycles. The van der Waals surface area contributed by atoms with Crippen LogP contribution in [-0.2, 0) is 10.1 Å². The fourth-order valence-electron chi connectivity index (χ4n) is 3.55. The summed E-state index contributed by atoms with van der Waals surface area (Å²) in [5, 5.41) is 0. The van der Waals surface area contributed by atoms with Crippen molar-refractivity contribution in [3.63, 3.8) is 0 Å². The third-order valence-electron chi connectivity index (χ3n) is 5.54. The molecule has 0 aromatic heterocycles. The van der Waals surface area contributed by atoms with Gasteiger partial charge in [0.15, 0.2) is 0 Å². The fourth-order valence-corrected chi connectivity index (χ4v) is 4.02. The molecule has 0 fully saturated rings. The van der Waals surface area contributed by atoms with E-state index in [1.807, 2.05) is 78.9 Å². The quantitative estimate of drug-likeness (QED) is 0.176. The van der Waals surface area contributed by atoms with E-state index in [2.05, 4.69) is 6.58 Å². The van der Waals surface area contributed by atoms with Crippen LogP contribution in [0.5, 0.6) is 17.2 Å². The first-order valence-corrected chi connectivity index (χ1v) is 13.8. The van der Waals surface area contributed by atoms with E-state index in [0.29, 0.717) is 19.0 Å². The molecular weight excluding hydrogens is 609 g/mol. The Morgan fingerprint density at radius 3 is 1.38 bits per heavy atom. The summed E-state index contributed by atoms with van der Waals surface area (Å²) in [6, 6.07) is 23.4. The Morgan fingerprint density at radius 1 is 0.622 bits per heavy atom. The molecule has 0 saturated carbocycles. The van der Waals surface area contributed by atoms with E-state index < -0.39 is 15.9 Å². The third kappa shape index (κ3) is 12.9. The van der Waals surface area contributed by atoms with Crippen LogP contribution in [0.3, 0.4) is 0 Å². The Bertz CT molecular complexity index is 1160. The second kappa shape index (κ2) is 17.4. The van der Waals surface area contributed by atoms with Crippen LogP contribution in [0.1, 0.15) is 37.7 Å². The molecule has 0 bridgehead atoms. The van der Waals surface area contributed by atoms with Crippen LogP contribution in [0.2, 0.25) is 0 Å². The zero-order chi connectivity index (χ0) is 25.6. The molecule has 0 aliphatic heterocycles. The van der Waals surface area contributed by atoms with Crippen molar-refractivity contribution in [3.05, 3.63) is 84.9 Å². The first-order chi connectivity index (χ1) is 17.4. The third-order valence-corrected chi connectivity index (χ3v) is 6.33. The molecule has 0 radical (unpaired) electrons. The van der Waals surface area contributed by atoms with Gasteiger partial charge in [-0.15, -0.1) is 0 Å². The molecular formula is C29H33CsO6S. The van der Waals surface area contributed by atoms with Crippen molar-refractivity contribution in [1.82, 2.24) is 0 Å². The van der Waals surface area contributed by atoms with Crippen LogP contribution >= 0.6 is 0 Å². The van der Waals surface area contributed by atoms with Crippen LogP contribution in [0, 0.1) is 0 Å². The van der Waals surface area contributed by atoms with Crippen LogP contribution in [0.15, 0.2) is 79.4 Å². The van der Waals surface area contributed by atoms with Gasteiger partial charge in [0.1, 0.15) is 17.2 Å². The van der Waals surface area contributed by atoms with Gasteiger partial charge < -0.3 is 18.8 Å². The molecule has 37 heavy (non-hydrogen) atoms. The zero-order valence-electron chi connectivity index (χ0n) is 21.4. The average Bonchev–Trinajstić information content (AvgIpc) is 2.89. The number of unbranched alkanes of at least 4 members (excludes halogenated alkanes) is 3. The number of hydrogen-bond donors (Lipinski definition) is 0. The van der Waals surface area contributed by atoms with Crippen molar-refractivity contribution in [1.29, 1.82) is 0 Å². The predicted octanol–water partition coefficient (Wildman–Crippen LogP) is 3.33. The van der Waals surface area contributed by atoms with Crippen molar-refractivity contribution in [2.24, 2.45) is 0 Å². The summed E-state index contributed by atoms with van der Waals surface area (Å²) in [6.07, 6.45) is 6.21. The number of hydrogen-bond acceptors (Lipinski definition) is 6. The molecule has 0 aliphatic rings. The van der Waals surface area contributed by atoms with Gasteiger partial charge in [0.25, 0.3) is 0 Å². The van der Waals surface area contributed by atoms with Gasteiger partial charge in [-0.05, 0) is 85.2 Å². The monoisotopic (exact) mass is 642 g/mol. The Labute approximate surface area is 279 Å². The van der Waals surface area contributed by atoms with E-state index in [-0.39, 0.29) is 81.9 Å². The summed E-state index contributed by atoms with van der Waals surface area (Å²) in [5.74, 6) is 1.96. The minimum atomic E-state index is -4.20. The fraction of sp³-hybridized carbons (Fsp3) is 0.310. The molecule has 0 N–H and O–H groups in total. The molecule has 0 spiro atoms. The van der Waals surface area contributed by atoms with Crippen LogP contribution in [0.25, 0.3) is 17.2 Å². The molecule has 3 aromatic carbocycles. The SMILES string of the molecule is C=Cc1ccc(OCCCCCCOc2ccc(-c3ccc(OCCCS(=O)(=O)[O-])cc3)cc2)cc1.[Cs+]. The largest absolute Gasteiger partial charge is 1.00 e. The number of benzene rings is 3. The minimum absolute atomic E-state index is 0. The molecule has 0 amide bonds. The normalized spacial score (nSPS) is 10.8. The molecule has 6 nitrogen and oxygen atoms in total. The van der Waals surface area contributed by atoms with Crippen molar-refractivity contribution in [2.75, 3.05) is 25.6 Å². The summed E-state index contributed by atoms with van der Waals surface area (Å²) >= 11 is 0. The Morgan fingerprint density at radius 2 is 1.00 bits per heavy atom. The Balaban J connectivity index is 0.00000481. The molecule has 3 aromatic rings. The Kier molecular flexibility index (Phi) is 15.0. The van der Waals surface area contributed by atoms with Crippen LogP contribution in [0.4, 0.5) is 0 Å². The van der Waals surface area contributed by atoms with Crippen molar-refractivity contribution in [3.8, 4) is 28.4 Å².